The molecule has 0 amide bonds. The number of furan rings is 1. The minimum Gasteiger partial charge on any atom is -0.485 e. The maximum absolute atomic E-state index is 11.6. The summed E-state index contributed by atoms with van der Waals surface area (Å²) in [5.74, 6) is 0.152. The van der Waals surface area contributed by atoms with Crippen LogP contribution < -0.4 is 0 Å². The summed E-state index contributed by atoms with van der Waals surface area (Å²) in [5.41, 5.74) is 0. The number of ketones is 1. The average molecular weight is 226 g/mol. The van der Waals surface area contributed by atoms with Gasteiger partial charge in [-0.25, -0.2) is 0 Å². The van der Waals surface area contributed by atoms with E-state index in [4.69, 9.17) is 9.15 Å². The molecule has 0 spiro atoms. The van der Waals surface area contributed by atoms with Crippen LogP contribution in [0, 0.1) is 0 Å². The summed E-state index contributed by atoms with van der Waals surface area (Å²) in [6.45, 7) is 3.84. The number of carbonyl (C=O) groups is 1. The molecule has 0 aliphatic carbocycles. The van der Waals surface area contributed by atoms with E-state index in [0.29, 0.717) is 10.9 Å². The van der Waals surface area contributed by atoms with Crippen LogP contribution in [0.5, 0.6) is 0 Å². The van der Waals surface area contributed by atoms with Gasteiger partial charge in [0.25, 0.3) is 0 Å². The first-order valence-corrected chi connectivity index (χ1v) is 5.86. The average Bonchev–Trinajstić information content (AvgIpc) is 2.68. The minimum absolute atomic E-state index is 0.0631. The maximum atomic E-state index is 11.6. The summed E-state index contributed by atoms with van der Waals surface area (Å²) >= 11 is 1.40. The highest BCUT2D eigenvalue weighted by Gasteiger charge is 2.08. The number of carbonyl (C=O) groups excluding carboxylic acids is 1. The molecule has 0 radical (unpaired) electrons. The van der Waals surface area contributed by atoms with Crippen molar-refractivity contribution in [2.75, 3.05) is 6.26 Å². The highest BCUT2D eigenvalue weighted by Crippen LogP contribution is 2.16. The van der Waals surface area contributed by atoms with Crippen LogP contribution >= 0.6 is 11.8 Å². The molecule has 0 bridgehead atoms. The van der Waals surface area contributed by atoms with E-state index >= 15 is 0 Å². The molecule has 0 fully saturated rings. The molecular weight excluding hydrogens is 212 g/mol. The molecule has 0 atom stereocenters. The van der Waals surface area contributed by atoms with Crippen molar-refractivity contribution >= 4 is 17.5 Å². The first-order valence-electron chi connectivity index (χ1n) is 4.63. The van der Waals surface area contributed by atoms with Crippen molar-refractivity contribution in [1.82, 2.24) is 0 Å². The van der Waals surface area contributed by atoms with Gasteiger partial charge in [-0.15, -0.1) is 0 Å². The van der Waals surface area contributed by atoms with Gasteiger partial charge in [-0.05, 0) is 32.2 Å². The first kappa shape index (κ1) is 11.9. The Bertz CT molecular complexity index is 339. The molecule has 1 rings (SSSR count). The molecule has 0 unspecified atom stereocenters. The Balaban J connectivity index is 2.71. The molecule has 0 aromatic carbocycles. The van der Waals surface area contributed by atoms with Crippen LogP contribution in [0.1, 0.15) is 24.4 Å². The zero-order valence-electron chi connectivity index (χ0n) is 9.02. The number of hydrogen-bond donors (Lipinski definition) is 0. The predicted molar refractivity (Wildman–Crippen MR) is 60.9 cm³/mol. The first-order chi connectivity index (χ1) is 7.13. The van der Waals surface area contributed by atoms with Gasteiger partial charge in [0.15, 0.2) is 10.9 Å². The standard InChI is InChI=1S/C11H14O3S/c1-8(2)14-11(15-3)7-9(12)10-5-4-6-13-10/h4-8H,1-3H3. The molecule has 0 saturated heterocycles. The molecular formula is C11H14O3S. The Kier molecular flexibility index (Phi) is 4.49. The maximum Gasteiger partial charge on any atom is 0.225 e. The van der Waals surface area contributed by atoms with Crippen LogP contribution in [0.2, 0.25) is 0 Å². The Morgan fingerprint density at radius 1 is 1.60 bits per heavy atom. The number of thioether (sulfide) groups is 1. The third kappa shape index (κ3) is 3.83. The van der Waals surface area contributed by atoms with Crippen LogP contribution in [0.25, 0.3) is 0 Å². The van der Waals surface area contributed by atoms with Crippen molar-refractivity contribution in [1.29, 1.82) is 0 Å². The minimum atomic E-state index is -0.176. The van der Waals surface area contributed by atoms with Gasteiger partial charge >= 0.3 is 0 Å². The van der Waals surface area contributed by atoms with E-state index in [1.54, 1.807) is 12.1 Å². The summed E-state index contributed by atoms with van der Waals surface area (Å²) in [4.78, 5) is 11.6. The van der Waals surface area contributed by atoms with Gasteiger partial charge in [0.2, 0.25) is 5.78 Å². The second-order valence-electron chi connectivity index (χ2n) is 3.18. The van der Waals surface area contributed by atoms with Gasteiger partial charge in [0, 0.05) is 6.08 Å². The molecule has 0 saturated carbocycles. The SMILES string of the molecule is CSC(=CC(=O)c1ccco1)OC(C)C. The second kappa shape index (κ2) is 5.66. The summed E-state index contributed by atoms with van der Waals surface area (Å²) in [5, 5.41) is 0.603. The van der Waals surface area contributed by atoms with Crippen molar-refractivity contribution in [3.05, 3.63) is 35.3 Å². The van der Waals surface area contributed by atoms with Crippen molar-refractivity contribution < 1.29 is 13.9 Å². The topological polar surface area (TPSA) is 39.4 Å². The Morgan fingerprint density at radius 2 is 2.33 bits per heavy atom. The van der Waals surface area contributed by atoms with E-state index in [2.05, 4.69) is 0 Å². The van der Waals surface area contributed by atoms with Crippen LogP contribution in [0.15, 0.2) is 34.0 Å². The number of hydrogen-bond acceptors (Lipinski definition) is 4. The monoisotopic (exact) mass is 226 g/mol. The van der Waals surface area contributed by atoms with Crippen molar-refractivity contribution in [3.8, 4) is 0 Å². The molecule has 4 heteroatoms. The molecule has 15 heavy (non-hydrogen) atoms. The lowest BCUT2D eigenvalue weighted by Gasteiger charge is -2.10. The van der Waals surface area contributed by atoms with E-state index in [1.807, 2.05) is 20.1 Å². The fourth-order valence-electron chi connectivity index (χ4n) is 0.970. The van der Waals surface area contributed by atoms with E-state index < -0.39 is 0 Å². The predicted octanol–water partition coefficient (Wildman–Crippen LogP) is 3.09. The summed E-state index contributed by atoms with van der Waals surface area (Å²) < 4.78 is 10.4. The Hall–Kier alpha value is -1.16. The molecule has 1 aromatic heterocycles. The van der Waals surface area contributed by atoms with Crippen LogP contribution in [-0.2, 0) is 4.74 Å². The quantitative estimate of drug-likeness (QED) is 0.439. The van der Waals surface area contributed by atoms with Gasteiger partial charge in [0.1, 0.15) is 0 Å². The second-order valence-corrected chi connectivity index (χ2v) is 3.99. The van der Waals surface area contributed by atoms with E-state index in [1.165, 1.54) is 24.1 Å². The highest BCUT2D eigenvalue weighted by molar-refractivity contribution is 8.02. The summed E-state index contributed by atoms with van der Waals surface area (Å²) in [6.07, 6.45) is 4.85. The molecule has 0 aliphatic heterocycles. The molecule has 0 aliphatic rings. The van der Waals surface area contributed by atoms with Crippen molar-refractivity contribution in [2.45, 2.75) is 20.0 Å². The van der Waals surface area contributed by atoms with Crippen molar-refractivity contribution in [3.63, 3.8) is 0 Å². The van der Waals surface area contributed by atoms with Crippen molar-refractivity contribution in [2.24, 2.45) is 0 Å². The zero-order valence-corrected chi connectivity index (χ0v) is 9.84. The summed E-state index contributed by atoms with van der Waals surface area (Å²) in [6, 6.07) is 3.31. The van der Waals surface area contributed by atoms with E-state index in [0.717, 1.165) is 0 Å². The third-order valence-electron chi connectivity index (χ3n) is 1.57. The van der Waals surface area contributed by atoms with Crippen LogP contribution in [0.3, 0.4) is 0 Å². The zero-order chi connectivity index (χ0) is 11.3. The lowest BCUT2D eigenvalue weighted by molar-refractivity contribution is 0.101. The third-order valence-corrected chi connectivity index (χ3v) is 2.18. The normalized spacial score (nSPS) is 11.9. The van der Waals surface area contributed by atoms with E-state index in [9.17, 15) is 4.79 Å². The van der Waals surface area contributed by atoms with Gasteiger partial charge in [0.05, 0.1) is 12.4 Å². The van der Waals surface area contributed by atoms with Gasteiger partial charge in [-0.3, -0.25) is 4.79 Å². The molecule has 1 aromatic rings. The Labute approximate surface area is 93.5 Å². The molecule has 82 valence electrons. The smallest absolute Gasteiger partial charge is 0.225 e. The lowest BCUT2D eigenvalue weighted by atomic mass is 10.3. The van der Waals surface area contributed by atoms with Gasteiger partial charge in [-0.1, -0.05) is 11.8 Å². The van der Waals surface area contributed by atoms with Gasteiger partial charge < -0.3 is 9.15 Å². The highest BCUT2D eigenvalue weighted by atomic mass is 32.2. The Morgan fingerprint density at radius 3 is 2.80 bits per heavy atom. The molecule has 0 N–H and O–H groups in total. The fraction of sp³-hybridized carbons (Fsp3) is 0.364. The fourth-order valence-corrected chi connectivity index (χ4v) is 1.48. The number of ether oxygens (including phenoxy) is 1. The number of rotatable bonds is 5. The summed E-state index contributed by atoms with van der Waals surface area (Å²) in [7, 11) is 0. The lowest BCUT2D eigenvalue weighted by Crippen LogP contribution is -2.02. The largest absolute Gasteiger partial charge is 0.485 e. The van der Waals surface area contributed by atoms with E-state index in [-0.39, 0.29) is 11.9 Å². The van der Waals surface area contributed by atoms with Gasteiger partial charge in [-0.2, -0.15) is 0 Å². The molecule has 1 heterocycles. The number of allylic oxidation sites excluding steroid dienone is 1. The van der Waals surface area contributed by atoms with Crippen LogP contribution in [0.4, 0.5) is 0 Å². The molecule has 3 nitrogen and oxygen atoms in total. The van der Waals surface area contributed by atoms with Crippen LogP contribution in [-0.4, -0.2) is 18.1 Å².